The molecule has 3 heterocycles. The van der Waals surface area contributed by atoms with Gasteiger partial charge in [0.2, 0.25) is 0 Å². The normalized spacial score (nSPS) is 27.4. The lowest BCUT2D eigenvalue weighted by atomic mass is 9.78. The van der Waals surface area contributed by atoms with Crippen LogP contribution in [0.4, 0.5) is 0 Å². The molecule has 0 bridgehead atoms. The van der Waals surface area contributed by atoms with E-state index in [1.165, 1.54) is 0 Å². The zero-order valence-corrected chi connectivity index (χ0v) is 9.97. The van der Waals surface area contributed by atoms with Crippen molar-refractivity contribution in [3.63, 3.8) is 0 Å². The second-order valence-electron chi connectivity index (χ2n) is 5.15. The summed E-state index contributed by atoms with van der Waals surface area (Å²) < 4.78 is 11.4. The fraction of sp³-hybridized carbons (Fsp3) is 0.692. The van der Waals surface area contributed by atoms with E-state index < -0.39 is 0 Å². The van der Waals surface area contributed by atoms with Crippen LogP contribution in [0.15, 0.2) is 18.6 Å². The molecule has 2 fully saturated rings. The van der Waals surface area contributed by atoms with Crippen LogP contribution in [-0.4, -0.2) is 35.9 Å². The summed E-state index contributed by atoms with van der Waals surface area (Å²) in [6.45, 7) is 2.67. The fourth-order valence-corrected chi connectivity index (χ4v) is 2.85. The number of nitrogens with zero attached hydrogens (tertiary/aromatic N) is 2. The number of hydrogen-bond acceptors (Lipinski definition) is 4. The molecule has 0 unspecified atom stereocenters. The minimum absolute atomic E-state index is 0.310. The largest absolute Gasteiger partial charge is 0.381 e. The summed E-state index contributed by atoms with van der Waals surface area (Å²) in [4.78, 5) is 8.40. The Kier molecular flexibility index (Phi) is 3.07. The van der Waals surface area contributed by atoms with E-state index in [9.17, 15) is 0 Å². The molecule has 2 saturated heterocycles. The minimum atomic E-state index is 0.310. The van der Waals surface area contributed by atoms with Crippen LogP contribution >= 0.6 is 0 Å². The summed E-state index contributed by atoms with van der Waals surface area (Å²) in [5.41, 5.74) is 1.41. The van der Waals surface area contributed by atoms with Gasteiger partial charge >= 0.3 is 0 Å². The summed E-state index contributed by atoms with van der Waals surface area (Å²) in [5.74, 6) is 0. The lowest BCUT2D eigenvalue weighted by Crippen LogP contribution is -2.30. The van der Waals surface area contributed by atoms with Gasteiger partial charge in [-0.25, -0.2) is 0 Å². The molecule has 1 atom stereocenters. The van der Waals surface area contributed by atoms with E-state index in [0.717, 1.165) is 51.2 Å². The van der Waals surface area contributed by atoms with Gasteiger partial charge in [0.25, 0.3) is 0 Å². The number of aromatic nitrogens is 2. The lowest BCUT2D eigenvalue weighted by molar-refractivity contribution is 0.00696. The van der Waals surface area contributed by atoms with Crippen LogP contribution in [0, 0.1) is 5.41 Å². The zero-order valence-electron chi connectivity index (χ0n) is 9.97. The molecular formula is C13H18N2O2. The highest BCUT2D eigenvalue weighted by Gasteiger charge is 2.41. The third kappa shape index (κ3) is 2.48. The van der Waals surface area contributed by atoms with Gasteiger partial charge in [-0.3, -0.25) is 9.97 Å². The molecule has 1 aromatic heterocycles. The number of ether oxygens (including phenoxy) is 2. The molecule has 2 aliphatic rings. The average Bonchev–Trinajstić information content (AvgIpc) is 2.74. The van der Waals surface area contributed by atoms with E-state index >= 15 is 0 Å². The van der Waals surface area contributed by atoms with Gasteiger partial charge in [-0.05, 0) is 19.3 Å². The third-order valence-electron chi connectivity index (χ3n) is 3.89. The topological polar surface area (TPSA) is 44.2 Å². The van der Waals surface area contributed by atoms with Crippen molar-refractivity contribution in [3.05, 3.63) is 24.3 Å². The highest BCUT2D eigenvalue weighted by molar-refractivity contribution is 5.00. The average molecular weight is 234 g/mol. The maximum Gasteiger partial charge on any atom is 0.0637 e. The predicted molar refractivity (Wildman–Crippen MR) is 62.6 cm³/mol. The van der Waals surface area contributed by atoms with Gasteiger partial charge in [-0.15, -0.1) is 0 Å². The maximum absolute atomic E-state index is 5.93. The maximum atomic E-state index is 5.93. The van der Waals surface area contributed by atoms with Gasteiger partial charge in [0, 0.05) is 43.6 Å². The molecule has 0 N–H and O–H groups in total. The van der Waals surface area contributed by atoms with Gasteiger partial charge in [-0.1, -0.05) is 0 Å². The second kappa shape index (κ2) is 4.70. The lowest BCUT2D eigenvalue weighted by Gasteiger charge is -2.31. The first kappa shape index (κ1) is 11.1. The minimum Gasteiger partial charge on any atom is -0.381 e. The van der Waals surface area contributed by atoms with Crippen molar-refractivity contribution in [2.24, 2.45) is 5.41 Å². The Hall–Kier alpha value is -1.00. The fourth-order valence-electron chi connectivity index (χ4n) is 2.85. The zero-order chi connectivity index (χ0) is 11.6. The van der Waals surface area contributed by atoms with Crippen molar-refractivity contribution in [2.45, 2.75) is 31.8 Å². The second-order valence-corrected chi connectivity index (χ2v) is 5.15. The summed E-state index contributed by atoms with van der Waals surface area (Å²) in [6.07, 6.45) is 9.91. The van der Waals surface area contributed by atoms with Crippen molar-refractivity contribution in [2.75, 3.05) is 19.8 Å². The molecule has 0 aromatic carbocycles. The molecule has 4 heteroatoms. The van der Waals surface area contributed by atoms with E-state index in [1.54, 1.807) is 12.4 Å². The molecule has 92 valence electrons. The summed E-state index contributed by atoms with van der Waals surface area (Å²) in [5, 5.41) is 0. The highest BCUT2D eigenvalue weighted by atomic mass is 16.5. The van der Waals surface area contributed by atoms with E-state index in [1.807, 2.05) is 6.20 Å². The van der Waals surface area contributed by atoms with E-state index in [0.29, 0.717) is 11.5 Å². The Labute approximate surface area is 101 Å². The van der Waals surface area contributed by atoms with Gasteiger partial charge in [0.1, 0.15) is 0 Å². The molecule has 1 spiro atoms. The first-order chi connectivity index (χ1) is 8.36. The van der Waals surface area contributed by atoms with Crippen molar-refractivity contribution >= 4 is 0 Å². The van der Waals surface area contributed by atoms with E-state index in [-0.39, 0.29) is 0 Å². The molecule has 0 radical (unpaired) electrons. The molecule has 3 rings (SSSR count). The molecule has 17 heavy (non-hydrogen) atoms. The van der Waals surface area contributed by atoms with Crippen LogP contribution < -0.4 is 0 Å². The van der Waals surface area contributed by atoms with Gasteiger partial charge in [0.15, 0.2) is 0 Å². The van der Waals surface area contributed by atoms with E-state index in [4.69, 9.17) is 9.47 Å². The Morgan fingerprint density at radius 1 is 1.29 bits per heavy atom. The number of hydrogen-bond donors (Lipinski definition) is 0. The smallest absolute Gasteiger partial charge is 0.0637 e. The highest BCUT2D eigenvalue weighted by Crippen LogP contribution is 2.41. The van der Waals surface area contributed by atoms with Crippen molar-refractivity contribution in [3.8, 4) is 0 Å². The summed E-state index contributed by atoms with van der Waals surface area (Å²) >= 11 is 0. The summed E-state index contributed by atoms with van der Waals surface area (Å²) in [7, 11) is 0. The molecule has 4 nitrogen and oxygen atoms in total. The third-order valence-corrected chi connectivity index (χ3v) is 3.89. The van der Waals surface area contributed by atoms with Crippen LogP contribution in [0.25, 0.3) is 0 Å². The number of rotatable bonds is 2. The molecule has 0 aliphatic carbocycles. The van der Waals surface area contributed by atoms with E-state index in [2.05, 4.69) is 9.97 Å². The van der Waals surface area contributed by atoms with Crippen LogP contribution in [0.3, 0.4) is 0 Å². The van der Waals surface area contributed by atoms with Gasteiger partial charge in [0.05, 0.1) is 18.4 Å². The molecule has 2 aliphatic heterocycles. The van der Waals surface area contributed by atoms with Crippen molar-refractivity contribution in [1.29, 1.82) is 0 Å². The van der Waals surface area contributed by atoms with Gasteiger partial charge in [-0.2, -0.15) is 0 Å². The Balaban J connectivity index is 1.60. The van der Waals surface area contributed by atoms with Crippen molar-refractivity contribution in [1.82, 2.24) is 9.97 Å². The van der Waals surface area contributed by atoms with Crippen molar-refractivity contribution < 1.29 is 9.47 Å². The first-order valence-corrected chi connectivity index (χ1v) is 6.31. The predicted octanol–water partition coefficient (Wildman–Crippen LogP) is 1.60. The SMILES string of the molecule is c1cnc(C[C@@H]2CC3(CCOCC3)CO2)cn1. The van der Waals surface area contributed by atoms with Crippen LogP contribution in [-0.2, 0) is 15.9 Å². The van der Waals surface area contributed by atoms with Crippen LogP contribution in [0.5, 0.6) is 0 Å². The molecular weight excluding hydrogens is 216 g/mol. The monoisotopic (exact) mass is 234 g/mol. The Morgan fingerprint density at radius 2 is 2.18 bits per heavy atom. The van der Waals surface area contributed by atoms with Crippen LogP contribution in [0.2, 0.25) is 0 Å². The summed E-state index contributed by atoms with van der Waals surface area (Å²) in [6, 6.07) is 0. The molecule has 0 saturated carbocycles. The Morgan fingerprint density at radius 3 is 2.94 bits per heavy atom. The first-order valence-electron chi connectivity index (χ1n) is 6.31. The standard InChI is InChI=1S/C13H18N2O2/c1-5-16-6-2-13(1)8-12(17-10-13)7-11-9-14-3-4-15-11/h3-4,9,12H,1-2,5-8,10H2/t12-/m1/s1. The quantitative estimate of drug-likeness (QED) is 0.779. The Bertz CT molecular complexity index is 363. The van der Waals surface area contributed by atoms with Crippen LogP contribution in [0.1, 0.15) is 25.0 Å². The van der Waals surface area contributed by atoms with Gasteiger partial charge < -0.3 is 9.47 Å². The molecule has 0 amide bonds. The molecule has 1 aromatic rings.